The first kappa shape index (κ1) is 19.2. The first-order valence-corrected chi connectivity index (χ1v) is 9.92. The highest BCUT2D eigenvalue weighted by molar-refractivity contribution is 5.98. The third-order valence-corrected chi connectivity index (χ3v) is 5.12. The minimum atomic E-state index is -0.110. The van der Waals surface area contributed by atoms with Gasteiger partial charge < -0.3 is 10.1 Å². The molecule has 0 saturated carbocycles. The quantitative estimate of drug-likeness (QED) is 0.614. The van der Waals surface area contributed by atoms with Crippen molar-refractivity contribution in [1.29, 1.82) is 0 Å². The number of benzene rings is 3. The summed E-state index contributed by atoms with van der Waals surface area (Å²) in [5, 5.41) is 3.00. The van der Waals surface area contributed by atoms with Gasteiger partial charge >= 0.3 is 0 Å². The maximum Gasteiger partial charge on any atom is 0.229 e. The fourth-order valence-corrected chi connectivity index (χ4v) is 3.60. The summed E-state index contributed by atoms with van der Waals surface area (Å²) in [6.45, 7) is 1.43. The molecule has 0 atom stereocenters. The van der Waals surface area contributed by atoms with Crippen molar-refractivity contribution in [2.24, 2.45) is 0 Å². The van der Waals surface area contributed by atoms with E-state index in [1.165, 1.54) is 11.1 Å². The molecule has 3 nitrogen and oxygen atoms in total. The van der Waals surface area contributed by atoms with Crippen LogP contribution < -0.4 is 5.32 Å². The molecule has 3 heteroatoms. The molecule has 1 amide bonds. The zero-order valence-electron chi connectivity index (χ0n) is 16.3. The van der Waals surface area contributed by atoms with Gasteiger partial charge in [-0.15, -0.1) is 0 Å². The highest BCUT2D eigenvalue weighted by Gasteiger charge is 2.18. The highest BCUT2D eigenvalue weighted by Crippen LogP contribution is 2.28. The Kier molecular flexibility index (Phi) is 6.18. The van der Waals surface area contributed by atoms with Gasteiger partial charge in [0.25, 0.3) is 0 Å². The predicted molar refractivity (Wildman–Crippen MR) is 118 cm³/mol. The summed E-state index contributed by atoms with van der Waals surface area (Å²) in [4.78, 5) is 12.8. The van der Waals surface area contributed by atoms with Crippen LogP contribution in [0.25, 0.3) is 5.57 Å². The van der Waals surface area contributed by atoms with Crippen molar-refractivity contribution in [2.45, 2.75) is 12.3 Å². The molecule has 0 bridgehead atoms. The second-order valence-electron chi connectivity index (χ2n) is 7.09. The fourth-order valence-electron chi connectivity index (χ4n) is 3.60. The Balaban J connectivity index is 1.46. The largest absolute Gasteiger partial charge is 0.377 e. The zero-order chi connectivity index (χ0) is 19.9. The van der Waals surface area contributed by atoms with Crippen LogP contribution in [-0.2, 0) is 9.53 Å². The minimum absolute atomic E-state index is 0.0935. The van der Waals surface area contributed by atoms with Crippen LogP contribution in [0.2, 0.25) is 0 Å². The fraction of sp³-hybridized carbons (Fsp3) is 0.154. The number of carbonyl (C=O) groups is 1. The molecule has 1 aliphatic heterocycles. The minimum Gasteiger partial charge on any atom is -0.377 e. The lowest BCUT2D eigenvalue weighted by Gasteiger charge is -2.18. The summed E-state index contributed by atoms with van der Waals surface area (Å²) >= 11 is 0. The van der Waals surface area contributed by atoms with Gasteiger partial charge in [0, 0.05) is 11.6 Å². The molecule has 4 rings (SSSR count). The number of hydrogen-bond acceptors (Lipinski definition) is 2. The lowest BCUT2D eigenvalue weighted by Crippen LogP contribution is -2.17. The number of rotatable bonds is 6. The third-order valence-electron chi connectivity index (χ3n) is 5.12. The number of hydrogen-bond donors (Lipinski definition) is 1. The van der Waals surface area contributed by atoms with Crippen LogP contribution in [0.15, 0.2) is 91.0 Å². The average molecular weight is 382 g/mol. The van der Waals surface area contributed by atoms with E-state index in [0.29, 0.717) is 6.61 Å². The van der Waals surface area contributed by atoms with Crippen molar-refractivity contribution >= 4 is 17.2 Å². The Morgan fingerprint density at radius 2 is 1.48 bits per heavy atom. The number of nitrogens with one attached hydrogen (secondary N) is 1. The summed E-state index contributed by atoms with van der Waals surface area (Å²) in [5.74, 6) is -0.204. The molecular weight excluding hydrogens is 358 g/mol. The highest BCUT2D eigenvalue weighted by atomic mass is 16.5. The van der Waals surface area contributed by atoms with Gasteiger partial charge in [-0.1, -0.05) is 78.9 Å². The molecule has 0 aliphatic carbocycles. The molecule has 1 heterocycles. The van der Waals surface area contributed by atoms with E-state index in [2.05, 4.69) is 47.8 Å². The summed E-state index contributed by atoms with van der Waals surface area (Å²) in [7, 11) is 0. The van der Waals surface area contributed by atoms with E-state index in [1.807, 2.05) is 48.5 Å². The number of carbonyl (C=O) groups excluding carboxylic acids is 1. The van der Waals surface area contributed by atoms with Crippen LogP contribution in [0, 0.1) is 6.42 Å². The predicted octanol–water partition coefficient (Wildman–Crippen LogP) is 5.47. The normalized spacial score (nSPS) is 13.8. The lowest BCUT2D eigenvalue weighted by molar-refractivity contribution is -0.113. The van der Waals surface area contributed by atoms with Crippen LogP contribution >= 0.6 is 0 Å². The summed E-state index contributed by atoms with van der Waals surface area (Å²) in [6, 6.07) is 28.2. The van der Waals surface area contributed by atoms with Gasteiger partial charge in [0.1, 0.15) is 0 Å². The smallest absolute Gasteiger partial charge is 0.229 e. The number of ether oxygens (including phenoxy) is 1. The first-order chi connectivity index (χ1) is 14.3. The molecule has 145 valence electrons. The van der Waals surface area contributed by atoms with E-state index in [1.54, 1.807) is 6.42 Å². The van der Waals surface area contributed by atoms with Gasteiger partial charge in [0.05, 0.1) is 19.6 Å². The van der Waals surface area contributed by atoms with Gasteiger partial charge in [0.15, 0.2) is 0 Å². The van der Waals surface area contributed by atoms with Crippen LogP contribution in [-0.4, -0.2) is 19.1 Å². The van der Waals surface area contributed by atoms with Crippen molar-refractivity contribution in [3.05, 3.63) is 114 Å². The van der Waals surface area contributed by atoms with Gasteiger partial charge in [-0.2, -0.15) is 0 Å². The topological polar surface area (TPSA) is 38.3 Å². The summed E-state index contributed by atoms with van der Waals surface area (Å²) in [6.07, 6.45) is 4.80. The second-order valence-corrected chi connectivity index (χ2v) is 7.09. The van der Waals surface area contributed by atoms with Gasteiger partial charge in [-0.05, 0) is 40.8 Å². The van der Waals surface area contributed by atoms with Crippen molar-refractivity contribution in [3.8, 4) is 0 Å². The molecule has 0 spiro atoms. The molecule has 0 fully saturated rings. The van der Waals surface area contributed by atoms with E-state index in [0.717, 1.165) is 29.8 Å². The van der Waals surface area contributed by atoms with Crippen LogP contribution in [0.4, 0.5) is 5.69 Å². The Morgan fingerprint density at radius 1 is 0.862 bits per heavy atom. The van der Waals surface area contributed by atoms with Crippen molar-refractivity contribution in [3.63, 3.8) is 0 Å². The molecule has 0 unspecified atom stereocenters. The first-order valence-electron chi connectivity index (χ1n) is 9.92. The van der Waals surface area contributed by atoms with Crippen LogP contribution in [0.5, 0.6) is 0 Å². The van der Waals surface area contributed by atoms with Gasteiger partial charge in [-0.3, -0.25) is 4.79 Å². The lowest BCUT2D eigenvalue weighted by atomic mass is 9.88. The van der Waals surface area contributed by atoms with E-state index in [9.17, 15) is 4.79 Å². The zero-order valence-corrected chi connectivity index (χ0v) is 16.3. The monoisotopic (exact) mass is 382 g/mol. The van der Waals surface area contributed by atoms with Crippen LogP contribution in [0.1, 0.15) is 29.0 Å². The van der Waals surface area contributed by atoms with E-state index < -0.39 is 0 Å². The Bertz CT molecular complexity index is 923. The third kappa shape index (κ3) is 5.01. The molecule has 1 N–H and O–H groups in total. The average Bonchev–Trinajstić information content (AvgIpc) is 2.80. The van der Waals surface area contributed by atoms with Gasteiger partial charge in [0.2, 0.25) is 5.91 Å². The molecular formula is C26H24NO2. The number of anilines is 1. The van der Waals surface area contributed by atoms with E-state index in [4.69, 9.17) is 4.74 Å². The maximum absolute atomic E-state index is 12.8. The van der Waals surface area contributed by atoms with Crippen LogP contribution in [0.3, 0.4) is 0 Å². The molecule has 29 heavy (non-hydrogen) atoms. The van der Waals surface area contributed by atoms with E-state index in [-0.39, 0.29) is 11.8 Å². The molecule has 3 aromatic rings. The second kappa shape index (κ2) is 9.35. The molecule has 0 saturated heterocycles. The van der Waals surface area contributed by atoms with E-state index >= 15 is 0 Å². The number of amides is 1. The molecule has 1 radical (unpaired) electrons. The van der Waals surface area contributed by atoms with Crippen molar-refractivity contribution in [1.82, 2.24) is 0 Å². The Labute approximate surface area is 172 Å². The maximum atomic E-state index is 12.8. The van der Waals surface area contributed by atoms with Crippen molar-refractivity contribution < 1.29 is 9.53 Å². The Morgan fingerprint density at radius 3 is 2.03 bits per heavy atom. The van der Waals surface area contributed by atoms with Gasteiger partial charge in [-0.25, -0.2) is 0 Å². The molecule has 0 aromatic heterocycles. The molecule has 1 aliphatic rings. The molecule has 3 aromatic carbocycles. The Hall–Kier alpha value is -3.17. The summed E-state index contributed by atoms with van der Waals surface area (Å²) in [5.41, 5.74) is 5.46. The van der Waals surface area contributed by atoms with Crippen molar-refractivity contribution in [2.75, 3.05) is 18.5 Å². The SMILES string of the molecule is O=C([CH]C(c1ccccc1)c1ccccc1)Nc1ccc(C2=CCOCC2)cc1. The summed E-state index contributed by atoms with van der Waals surface area (Å²) < 4.78 is 5.37. The standard InChI is InChI=1S/C26H24NO2/c28-26(27-24-13-11-20(12-14-24)21-15-17-29-18-16-21)19-25(22-7-3-1-4-8-22)23-9-5-2-6-10-23/h1-15,19,25H,16-18H2,(H,27,28).